The summed E-state index contributed by atoms with van der Waals surface area (Å²) < 4.78 is 10.2. The van der Waals surface area contributed by atoms with Crippen LogP contribution in [0.3, 0.4) is 0 Å². The smallest absolute Gasteiger partial charge is 0.349 e. The molecular formula is C13H13NO3S. The Bertz CT molecular complexity index is 510. The van der Waals surface area contributed by atoms with Gasteiger partial charge in [-0.2, -0.15) is 0 Å². The number of benzene rings is 1. The van der Waals surface area contributed by atoms with Crippen LogP contribution >= 0.6 is 11.3 Å². The third-order valence-electron chi connectivity index (χ3n) is 2.27. The van der Waals surface area contributed by atoms with Crippen LogP contribution < -0.4 is 4.74 Å². The Morgan fingerprint density at radius 1 is 1.33 bits per heavy atom. The normalized spacial score (nSPS) is 10.1. The lowest BCUT2D eigenvalue weighted by molar-refractivity contribution is 0.0606. The largest absolute Gasteiger partial charge is 0.493 e. The molecule has 0 N–H and O–H groups in total. The second kappa shape index (κ2) is 6.16. The summed E-state index contributed by atoms with van der Waals surface area (Å²) in [6, 6.07) is 9.60. The van der Waals surface area contributed by atoms with Crippen molar-refractivity contribution in [2.45, 2.75) is 6.42 Å². The van der Waals surface area contributed by atoms with Gasteiger partial charge in [0.1, 0.15) is 10.6 Å². The minimum atomic E-state index is -0.345. The average molecular weight is 263 g/mol. The van der Waals surface area contributed by atoms with Crippen LogP contribution in [0.2, 0.25) is 0 Å². The van der Waals surface area contributed by atoms with Gasteiger partial charge < -0.3 is 9.47 Å². The molecule has 2 rings (SSSR count). The number of aromatic nitrogens is 1. The lowest BCUT2D eigenvalue weighted by Gasteiger charge is -2.03. The van der Waals surface area contributed by atoms with Crippen LogP contribution in [0.1, 0.15) is 14.7 Å². The summed E-state index contributed by atoms with van der Waals surface area (Å²) in [4.78, 5) is 15.9. The highest BCUT2D eigenvalue weighted by molar-refractivity contribution is 7.13. The molecule has 0 unspecified atom stereocenters. The molecule has 94 valence electrons. The summed E-state index contributed by atoms with van der Waals surface area (Å²) in [5.41, 5.74) is 0. The third-order valence-corrected chi connectivity index (χ3v) is 3.31. The van der Waals surface area contributed by atoms with Crippen molar-refractivity contribution >= 4 is 17.3 Å². The fourth-order valence-corrected chi connectivity index (χ4v) is 2.21. The average Bonchev–Trinajstić information content (AvgIpc) is 2.88. The lowest BCUT2D eigenvalue weighted by Crippen LogP contribution is -2.00. The summed E-state index contributed by atoms with van der Waals surface area (Å²) in [5.74, 6) is 0.491. The maximum Gasteiger partial charge on any atom is 0.349 e. The van der Waals surface area contributed by atoms with Gasteiger partial charge in [-0.1, -0.05) is 18.2 Å². The third kappa shape index (κ3) is 3.30. The van der Waals surface area contributed by atoms with Crippen molar-refractivity contribution in [3.63, 3.8) is 0 Å². The SMILES string of the molecule is COC(=O)c1cnc(CCOc2ccccc2)s1. The second-order valence-corrected chi connectivity index (χ2v) is 4.64. The summed E-state index contributed by atoms with van der Waals surface area (Å²) in [6.45, 7) is 0.540. The molecular weight excluding hydrogens is 250 g/mol. The van der Waals surface area contributed by atoms with E-state index in [1.165, 1.54) is 24.6 Å². The molecule has 0 amide bonds. The number of thiazole rings is 1. The Hall–Kier alpha value is -1.88. The van der Waals surface area contributed by atoms with Crippen LogP contribution in [0.15, 0.2) is 36.5 Å². The van der Waals surface area contributed by atoms with E-state index in [2.05, 4.69) is 9.72 Å². The van der Waals surface area contributed by atoms with Gasteiger partial charge in [-0.15, -0.1) is 11.3 Å². The van der Waals surface area contributed by atoms with E-state index in [-0.39, 0.29) is 5.97 Å². The molecule has 0 fully saturated rings. The molecule has 18 heavy (non-hydrogen) atoms. The molecule has 0 spiro atoms. The van der Waals surface area contributed by atoms with E-state index in [0.717, 1.165) is 10.8 Å². The Morgan fingerprint density at radius 3 is 2.83 bits per heavy atom. The van der Waals surface area contributed by atoms with E-state index in [1.54, 1.807) is 0 Å². The number of rotatable bonds is 5. The number of para-hydroxylation sites is 1. The van der Waals surface area contributed by atoms with Gasteiger partial charge >= 0.3 is 5.97 Å². The molecule has 0 atom stereocenters. The molecule has 0 aliphatic carbocycles. The summed E-state index contributed by atoms with van der Waals surface area (Å²) in [6.07, 6.45) is 2.21. The second-order valence-electron chi connectivity index (χ2n) is 3.52. The highest BCUT2D eigenvalue weighted by Gasteiger charge is 2.10. The Kier molecular flexibility index (Phi) is 4.30. The van der Waals surface area contributed by atoms with Gasteiger partial charge in [-0.3, -0.25) is 0 Å². The summed E-state index contributed by atoms with van der Waals surface area (Å²) in [5, 5.41) is 0.867. The maximum atomic E-state index is 11.2. The first-order valence-corrected chi connectivity index (χ1v) is 6.32. The predicted molar refractivity (Wildman–Crippen MR) is 69.1 cm³/mol. The maximum absolute atomic E-state index is 11.2. The van der Waals surface area contributed by atoms with E-state index in [0.29, 0.717) is 17.9 Å². The van der Waals surface area contributed by atoms with Crippen molar-refractivity contribution < 1.29 is 14.3 Å². The molecule has 5 heteroatoms. The highest BCUT2D eigenvalue weighted by atomic mass is 32.1. The topological polar surface area (TPSA) is 48.4 Å². The van der Waals surface area contributed by atoms with Crippen LogP contribution in [-0.4, -0.2) is 24.7 Å². The molecule has 1 heterocycles. The van der Waals surface area contributed by atoms with Gasteiger partial charge in [-0.25, -0.2) is 9.78 Å². The van der Waals surface area contributed by atoms with Crippen LogP contribution in [0.4, 0.5) is 0 Å². The molecule has 0 bridgehead atoms. The number of carbonyl (C=O) groups excluding carboxylic acids is 1. The Morgan fingerprint density at radius 2 is 2.11 bits per heavy atom. The number of hydrogen-bond donors (Lipinski definition) is 0. The van der Waals surface area contributed by atoms with Gasteiger partial charge in [0.2, 0.25) is 0 Å². The van der Waals surface area contributed by atoms with Crippen molar-refractivity contribution in [2.75, 3.05) is 13.7 Å². The number of methoxy groups -OCH3 is 1. The van der Waals surface area contributed by atoms with E-state index < -0.39 is 0 Å². The minimum Gasteiger partial charge on any atom is -0.493 e. The first-order chi connectivity index (χ1) is 8.79. The fourth-order valence-electron chi connectivity index (χ4n) is 1.39. The number of ether oxygens (including phenoxy) is 2. The Balaban J connectivity index is 1.84. The summed E-state index contributed by atoms with van der Waals surface area (Å²) >= 11 is 1.34. The van der Waals surface area contributed by atoms with Crippen LogP contribution in [0, 0.1) is 0 Å². The van der Waals surface area contributed by atoms with Crippen LogP contribution in [0.5, 0.6) is 5.75 Å². The van der Waals surface area contributed by atoms with E-state index in [9.17, 15) is 4.79 Å². The van der Waals surface area contributed by atoms with Gasteiger partial charge in [0.25, 0.3) is 0 Å². The van der Waals surface area contributed by atoms with Gasteiger partial charge in [0, 0.05) is 6.42 Å². The molecule has 0 radical (unpaired) electrons. The van der Waals surface area contributed by atoms with Gasteiger partial charge in [-0.05, 0) is 12.1 Å². The number of carbonyl (C=O) groups is 1. The first kappa shape index (κ1) is 12.6. The van der Waals surface area contributed by atoms with Gasteiger partial charge in [0.15, 0.2) is 0 Å². The zero-order chi connectivity index (χ0) is 12.8. The van der Waals surface area contributed by atoms with Gasteiger partial charge in [0.05, 0.1) is 24.9 Å². The highest BCUT2D eigenvalue weighted by Crippen LogP contribution is 2.15. The standard InChI is InChI=1S/C13H13NO3S/c1-16-13(15)11-9-14-12(18-11)7-8-17-10-5-3-2-4-6-10/h2-6,9H,7-8H2,1H3. The number of esters is 1. The van der Waals surface area contributed by atoms with E-state index in [4.69, 9.17) is 4.74 Å². The molecule has 1 aromatic carbocycles. The quantitative estimate of drug-likeness (QED) is 0.778. The minimum absolute atomic E-state index is 0.345. The molecule has 2 aromatic rings. The molecule has 0 aliphatic rings. The van der Waals surface area contributed by atoms with Crippen molar-refractivity contribution in [3.8, 4) is 5.75 Å². The van der Waals surface area contributed by atoms with Crippen molar-refractivity contribution in [2.24, 2.45) is 0 Å². The Labute approximate surface area is 109 Å². The molecule has 0 aliphatic heterocycles. The molecule has 0 saturated carbocycles. The van der Waals surface area contributed by atoms with Crippen molar-refractivity contribution in [1.82, 2.24) is 4.98 Å². The van der Waals surface area contributed by atoms with E-state index >= 15 is 0 Å². The van der Waals surface area contributed by atoms with Crippen LogP contribution in [-0.2, 0) is 11.2 Å². The predicted octanol–water partition coefficient (Wildman–Crippen LogP) is 2.55. The van der Waals surface area contributed by atoms with Crippen LogP contribution in [0.25, 0.3) is 0 Å². The fraction of sp³-hybridized carbons (Fsp3) is 0.231. The number of hydrogen-bond acceptors (Lipinski definition) is 5. The monoisotopic (exact) mass is 263 g/mol. The molecule has 0 saturated heterocycles. The van der Waals surface area contributed by atoms with E-state index in [1.807, 2.05) is 30.3 Å². The molecule has 1 aromatic heterocycles. The summed E-state index contributed by atoms with van der Waals surface area (Å²) in [7, 11) is 1.36. The van der Waals surface area contributed by atoms with Crippen molar-refractivity contribution in [1.29, 1.82) is 0 Å². The van der Waals surface area contributed by atoms with Crippen molar-refractivity contribution in [3.05, 3.63) is 46.4 Å². The lowest BCUT2D eigenvalue weighted by atomic mass is 10.3. The first-order valence-electron chi connectivity index (χ1n) is 5.50. The number of nitrogens with zero attached hydrogens (tertiary/aromatic N) is 1. The zero-order valence-electron chi connectivity index (χ0n) is 9.96. The zero-order valence-corrected chi connectivity index (χ0v) is 10.8. The molecule has 4 nitrogen and oxygen atoms in total.